The summed E-state index contributed by atoms with van der Waals surface area (Å²) < 4.78 is 0. The highest BCUT2D eigenvalue weighted by molar-refractivity contribution is 7.99. The molecular weight excluding hydrogens is 350 g/mol. The second-order valence-electron chi connectivity index (χ2n) is 6.12. The molecule has 6 nitrogen and oxygen atoms in total. The molecule has 1 atom stereocenters. The molecule has 3 rings (SSSR count). The summed E-state index contributed by atoms with van der Waals surface area (Å²) in [5, 5.41) is 9.08. The van der Waals surface area contributed by atoms with Crippen molar-refractivity contribution in [2.45, 2.75) is 12.5 Å². The lowest BCUT2D eigenvalue weighted by Crippen LogP contribution is -2.47. The second-order valence-corrected chi connectivity index (χ2v) is 7.27. The SMILES string of the molecule is CN(c1ccccc1)c1ccc(C(=O)N2CCSCC2CC(=O)O)cn1. The maximum Gasteiger partial charge on any atom is 0.305 e. The van der Waals surface area contributed by atoms with Gasteiger partial charge >= 0.3 is 5.97 Å². The molecule has 1 aliphatic rings. The first kappa shape index (κ1) is 18.3. The molecule has 1 saturated heterocycles. The Hall–Kier alpha value is -2.54. The maximum atomic E-state index is 12.8. The number of hydrogen-bond donors (Lipinski definition) is 1. The number of rotatable bonds is 5. The lowest BCUT2D eigenvalue weighted by atomic mass is 10.1. The molecule has 1 amide bonds. The Bertz CT molecular complexity index is 767. The fourth-order valence-electron chi connectivity index (χ4n) is 2.95. The van der Waals surface area contributed by atoms with Crippen molar-refractivity contribution in [1.82, 2.24) is 9.88 Å². The monoisotopic (exact) mass is 371 g/mol. The Morgan fingerprint density at radius 1 is 1.27 bits per heavy atom. The van der Waals surface area contributed by atoms with Gasteiger partial charge in [-0.2, -0.15) is 11.8 Å². The number of aromatic nitrogens is 1. The van der Waals surface area contributed by atoms with Crippen LogP contribution in [-0.4, -0.2) is 58.0 Å². The summed E-state index contributed by atoms with van der Waals surface area (Å²) in [7, 11) is 1.92. The summed E-state index contributed by atoms with van der Waals surface area (Å²) >= 11 is 1.69. The number of pyridine rings is 1. The van der Waals surface area contributed by atoms with Gasteiger partial charge in [0.2, 0.25) is 0 Å². The molecule has 1 N–H and O–H groups in total. The smallest absolute Gasteiger partial charge is 0.305 e. The van der Waals surface area contributed by atoms with Gasteiger partial charge in [0.1, 0.15) is 5.82 Å². The van der Waals surface area contributed by atoms with E-state index in [2.05, 4.69) is 4.98 Å². The van der Waals surface area contributed by atoms with Gasteiger partial charge < -0.3 is 14.9 Å². The van der Waals surface area contributed by atoms with Crippen LogP contribution < -0.4 is 4.90 Å². The lowest BCUT2D eigenvalue weighted by Gasteiger charge is -2.34. The van der Waals surface area contributed by atoms with Gasteiger partial charge in [-0.15, -0.1) is 0 Å². The van der Waals surface area contributed by atoms with Gasteiger partial charge in [-0.05, 0) is 24.3 Å². The standard InChI is InChI=1S/C19H21N3O3S/c1-21(15-5-3-2-4-6-15)17-8-7-14(12-20-17)19(25)22-9-10-26-13-16(22)11-18(23)24/h2-8,12,16H,9-11,13H2,1H3,(H,23,24). The molecule has 1 unspecified atom stereocenters. The van der Waals surface area contributed by atoms with E-state index in [1.165, 1.54) is 0 Å². The van der Waals surface area contributed by atoms with Gasteiger partial charge in [-0.3, -0.25) is 9.59 Å². The molecule has 0 aliphatic carbocycles. The number of aliphatic carboxylic acids is 1. The molecular formula is C19H21N3O3S. The first-order chi connectivity index (χ1) is 12.6. The molecule has 136 valence electrons. The summed E-state index contributed by atoms with van der Waals surface area (Å²) in [5.74, 6) is 1.18. The lowest BCUT2D eigenvalue weighted by molar-refractivity contribution is -0.138. The number of benzene rings is 1. The Balaban J connectivity index is 1.75. The van der Waals surface area contributed by atoms with Crippen molar-refractivity contribution in [1.29, 1.82) is 0 Å². The van der Waals surface area contributed by atoms with Crippen LogP contribution in [0.2, 0.25) is 0 Å². The fourth-order valence-corrected chi connectivity index (χ4v) is 4.02. The normalized spacial score (nSPS) is 17.0. The van der Waals surface area contributed by atoms with Crippen LogP contribution in [0.25, 0.3) is 0 Å². The van der Waals surface area contributed by atoms with E-state index in [4.69, 9.17) is 5.11 Å². The molecule has 7 heteroatoms. The third-order valence-corrected chi connectivity index (χ3v) is 5.47. The van der Waals surface area contributed by atoms with E-state index < -0.39 is 5.97 Å². The van der Waals surface area contributed by atoms with Gasteiger partial charge in [-0.1, -0.05) is 18.2 Å². The van der Waals surface area contributed by atoms with Gasteiger partial charge in [0.25, 0.3) is 5.91 Å². The van der Waals surface area contributed by atoms with Crippen LogP contribution in [0.5, 0.6) is 0 Å². The zero-order chi connectivity index (χ0) is 18.5. The molecule has 1 aliphatic heterocycles. The Morgan fingerprint density at radius 3 is 2.69 bits per heavy atom. The molecule has 2 aromatic rings. The predicted octanol–water partition coefficient (Wildman–Crippen LogP) is 2.88. The highest BCUT2D eigenvalue weighted by atomic mass is 32.2. The van der Waals surface area contributed by atoms with E-state index in [-0.39, 0.29) is 18.4 Å². The van der Waals surface area contributed by atoms with Crippen LogP contribution in [-0.2, 0) is 4.79 Å². The highest BCUT2D eigenvalue weighted by Gasteiger charge is 2.29. The number of carbonyl (C=O) groups is 2. The third kappa shape index (κ3) is 4.16. The molecule has 2 heterocycles. The molecule has 0 bridgehead atoms. The molecule has 0 radical (unpaired) electrons. The fraction of sp³-hybridized carbons (Fsp3) is 0.316. The maximum absolute atomic E-state index is 12.8. The quantitative estimate of drug-likeness (QED) is 0.871. The number of carbonyl (C=O) groups excluding carboxylic acids is 1. The van der Waals surface area contributed by atoms with Gasteiger partial charge in [0.15, 0.2) is 0 Å². The van der Waals surface area contributed by atoms with Gasteiger partial charge in [0.05, 0.1) is 18.0 Å². The van der Waals surface area contributed by atoms with Crippen molar-refractivity contribution >= 4 is 35.1 Å². The van der Waals surface area contributed by atoms with Crippen LogP contribution >= 0.6 is 11.8 Å². The van der Waals surface area contributed by atoms with Crippen LogP contribution in [0.1, 0.15) is 16.8 Å². The van der Waals surface area contributed by atoms with Crippen LogP contribution in [0.4, 0.5) is 11.5 Å². The first-order valence-electron chi connectivity index (χ1n) is 8.41. The van der Waals surface area contributed by atoms with Crippen molar-refractivity contribution < 1.29 is 14.7 Å². The number of anilines is 2. The van der Waals surface area contributed by atoms with E-state index in [0.29, 0.717) is 17.9 Å². The summed E-state index contributed by atoms with van der Waals surface area (Å²) in [6, 6.07) is 13.1. The minimum atomic E-state index is -0.881. The third-order valence-electron chi connectivity index (χ3n) is 4.38. The Kier molecular flexibility index (Phi) is 5.78. The Morgan fingerprint density at radius 2 is 2.04 bits per heavy atom. The van der Waals surface area contributed by atoms with E-state index in [0.717, 1.165) is 17.3 Å². The van der Waals surface area contributed by atoms with Crippen molar-refractivity contribution in [2.24, 2.45) is 0 Å². The Labute approximate surface area is 156 Å². The topological polar surface area (TPSA) is 73.7 Å². The number of carboxylic acids is 1. The second kappa shape index (κ2) is 8.23. The predicted molar refractivity (Wildman–Crippen MR) is 103 cm³/mol. The van der Waals surface area contributed by atoms with Crippen LogP contribution in [0.3, 0.4) is 0 Å². The van der Waals surface area contributed by atoms with E-state index in [9.17, 15) is 9.59 Å². The number of para-hydroxylation sites is 1. The minimum Gasteiger partial charge on any atom is -0.481 e. The number of carboxylic acid groups (broad SMARTS) is 1. The number of thioether (sulfide) groups is 1. The van der Waals surface area contributed by atoms with Gasteiger partial charge in [0, 0.05) is 37.0 Å². The van der Waals surface area contributed by atoms with Crippen molar-refractivity contribution in [3.8, 4) is 0 Å². The zero-order valence-electron chi connectivity index (χ0n) is 14.5. The number of nitrogens with zero attached hydrogens (tertiary/aromatic N) is 3. The molecule has 1 aromatic heterocycles. The van der Waals surface area contributed by atoms with Crippen molar-refractivity contribution in [3.63, 3.8) is 0 Å². The summed E-state index contributed by atoms with van der Waals surface area (Å²) in [4.78, 5) is 31.9. The van der Waals surface area contributed by atoms with E-state index >= 15 is 0 Å². The summed E-state index contributed by atoms with van der Waals surface area (Å²) in [6.07, 6.45) is 1.54. The minimum absolute atomic E-state index is 0.0268. The number of hydrogen-bond acceptors (Lipinski definition) is 5. The van der Waals surface area contributed by atoms with Crippen LogP contribution in [0, 0.1) is 0 Å². The van der Waals surface area contributed by atoms with Gasteiger partial charge in [-0.25, -0.2) is 4.98 Å². The molecule has 1 aromatic carbocycles. The first-order valence-corrected chi connectivity index (χ1v) is 9.57. The summed E-state index contributed by atoms with van der Waals surface area (Å²) in [6.45, 7) is 0.563. The zero-order valence-corrected chi connectivity index (χ0v) is 15.4. The van der Waals surface area contributed by atoms with Crippen LogP contribution in [0.15, 0.2) is 48.7 Å². The average Bonchev–Trinajstić information content (AvgIpc) is 2.68. The molecule has 0 saturated carbocycles. The van der Waals surface area contributed by atoms with E-state index in [1.807, 2.05) is 48.3 Å². The largest absolute Gasteiger partial charge is 0.481 e. The van der Waals surface area contributed by atoms with Crippen molar-refractivity contribution in [2.75, 3.05) is 30.0 Å². The average molecular weight is 371 g/mol. The molecule has 0 spiro atoms. The summed E-state index contributed by atoms with van der Waals surface area (Å²) in [5.41, 5.74) is 1.49. The molecule has 1 fully saturated rings. The highest BCUT2D eigenvalue weighted by Crippen LogP contribution is 2.24. The van der Waals surface area contributed by atoms with Crippen molar-refractivity contribution in [3.05, 3.63) is 54.2 Å². The van der Waals surface area contributed by atoms with E-state index in [1.54, 1.807) is 28.9 Å². The number of amides is 1. The molecule has 26 heavy (non-hydrogen) atoms.